The molecule has 1 aromatic carbocycles. The summed E-state index contributed by atoms with van der Waals surface area (Å²) in [5.41, 5.74) is 0.311. The third kappa shape index (κ3) is 4.64. The molecule has 22 heavy (non-hydrogen) atoms. The van der Waals surface area contributed by atoms with Crippen LogP contribution in [0.2, 0.25) is 0 Å². The molecule has 8 heteroatoms. The van der Waals surface area contributed by atoms with Gasteiger partial charge in [-0.2, -0.15) is 13.2 Å². The lowest BCUT2D eigenvalue weighted by Gasteiger charge is -2.20. The molecule has 0 spiro atoms. The molecule has 1 N–H and O–H groups in total. The van der Waals surface area contributed by atoms with Gasteiger partial charge >= 0.3 is 12.1 Å². The summed E-state index contributed by atoms with van der Waals surface area (Å²) in [6.45, 7) is 1.23. The van der Waals surface area contributed by atoms with Gasteiger partial charge in [0.25, 0.3) is 0 Å². The molecule has 122 valence electrons. The van der Waals surface area contributed by atoms with Crippen LogP contribution in [0, 0.1) is 0 Å². The van der Waals surface area contributed by atoms with Gasteiger partial charge in [0.05, 0.1) is 20.3 Å². The summed E-state index contributed by atoms with van der Waals surface area (Å²) in [5.74, 6) is -1.79. The van der Waals surface area contributed by atoms with Gasteiger partial charge in [-0.3, -0.25) is 9.59 Å². The highest BCUT2D eigenvalue weighted by Crippen LogP contribution is 2.31. The Bertz CT molecular complexity index is 558. The average Bonchev–Trinajstić information content (AvgIpc) is 2.44. The molecule has 0 saturated heterocycles. The van der Waals surface area contributed by atoms with Crippen molar-refractivity contribution in [1.29, 1.82) is 0 Å². The molecular formula is C14H16F3NO4. The van der Waals surface area contributed by atoms with Crippen LogP contribution in [-0.2, 0) is 9.59 Å². The van der Waals surface area contributed by atoms with Gasteiger partial charge in [0.1, 0.15) is 5.78 Å². The number of methoxy groups -OCH3 is 2. The van der Waals surface area contributed by atoms with E-state index in [1.54, 1.807) is 0 Å². The van der Waals surface area contributed by atoms with Gasteiger partial charge < -0.3 is 14.8 Å². The number of alkyl halides is 3. The minimum atomic E-state index is -5.02. The first-order chi connectivity index (χ1) is 10.2. The quantitative estimate of drug-likeness (QED) is 0.874. The van der Waals surface area contributed by atoms with Crippen LogP contribution in [0.1, 0.15) is 24.9 Å². The summed E-state index contributed by atoms with van der Waals surface area (Å²) in [4.78, 5) is 22.4. The topological polar surface area (TPSA) is 64.6 Å². The van der Waals surface area contributed by atoms with E-state index in [-0.39, 0.29) is 18.0 Å². The molecule has 0 aliphatic carbocycles. The number of nitrogens with one attached hydrogen (secondary N) is 1. The van der Waals surface area contributed by atoms with Crippen molar-refractivity contribution in [3.63, 3.8) is 0 Å². The lowest BCUT2D eigenvalue weighted by atomic mass is 10.0. The molecule has 0 saturated carbocycles. The predicted octanol–water partition coefficient (Wildman–Crippen LogP) is 2.40. The zero-order valence-electron chi connectivity index (χ0n) is 12.3. The number of amides is 1. The van der Waals surface area contributed by atoms with E-state index in [1.165, 1.54) is 39.3 Å². The third-order valence-corrected chi connectivity index (χ3v) is 2.86. The molecule has 5 nitrogen and oxygen atoms in total. The molecular weight excluding hydrogens is 303 g/mol. The SMILES string of the molecule is COc1ccc([C@H](CC(C)=O)NC(=O)C(F)(F)F)cc1OC. The van der Waals surface area contributed by atoms with Crippen LogP contribution in [0.15, 0.2) is 18.2 Å². The standard InChI is InChI=1S/C14H16F3NO4/c1-8(19)6-10(18-13(20)14(15,16)17)9-4-5-11(21-2)12(7-9)22-3/h4-5,7,10H,6H2,1-3H3,(H,18,20)/t10-/m0/s1. The summed E-state index contributed by atoms with van der Waals surface area (Å²) in [6.07, 6.45) is -5.29. The Kier molecular flexibility index (Phi) is 5.78. The molecule has 1 rings (SSSR count). The number of hydrogen-bond acceptors (Lipinski definition) is 4. The molecule has 0 aromatic heterocycles. The fourth-order valence-electron chi connectivity index (χ4n) is 1.85. The van der Waals surface area contributed by atoms with Crippen molar-refractivity contribution in [1.82, 2.24) is 5.32 Å². The number of benzene rings is 1. The maximum atomic E-state index is 12.4. The van der Waals surface area contributed by atoms with Gasteiger partial charge in [-0.25, -0.2) is 0 Å². The van der Waals surface area contributed by atoms with Gasteiger partial charge in [0.15, 0.2) is 11.5 Å². The van der Waals surface area contributed by atoms with E-state index in [0.29, 0.717) is 11.3 Å². The fraction of sp³-hybridized carbons (Fsp3) is 0.429. The van der Waals surface area contributed by atoms with Crippen molar-refractivity contribution in [3.05, 3.63) is 23.8 Å². The first-order valence-electron chi connectivity index (χ1n) is 6.28. The van der Waals surface area contributed by atoms with Gasteiger partial charge in [0, 0.05) is 6.42 Å². The average molecular weight is 319 g/mol. The highest BCUT2D eigenvalue weighted by Gasteiger charge is 2.40. The van der Waals surface area contributed by atoms with E-state index in [9.17, 15) is 22.8 Å². The molecule has 0 aliphatic rings. The lowest BCUT2D eigenvalue weighted by molar-refractivity contribution is -0.174. The largest absolute Gasteiger partial charge is 0.493 e. The summed E-state index contributed by atoms with van der Waals surface area (Å²) in [7, 11) is 2.78. The molecule has 0 unspecified atom stereocenters. The van der Waals surface area contributed by atoms with Crippen LogP contribution in [0.3, 0.4) is 0 Å². The van der Waals surface area contributed by atoms with Crippen molar-refractivity contribution in [2.45, 2.75) is 25.6 Å². The normalized spacial score (nSPS) is 12.5. The summed E-state index contributed by atoms with van der Waals surface area (Å²) >= 11 is 0. The highest BCUT2D eigenvalue weighted by molar-refractivity contribution is 5.83. The number of carbonyl (C=O) groups excluding carboxylic acids is 2. The second-order valence-electron chi connectivity index (χ2n) is 4.54. The number of ether oxygens (including phenoxy) is 2. The molecule has 0 radical (unpaired) electrons. The van der Waals surface area contributed by atoms with Crippen LogP contribution in [0.5, 0.6) is 11.5 Å². The Hall–Kier alpha value is -2.25. The number of rotatable bonds is 6. The van der Waals surface area contributed by atoms with Crippen molar-refractivity contribution in [2.75, 3.05) is 14.2 Å². The first kappa shape index (κ1) is 17.8. The number of Topliss-reactive ketones (excluding diaryl/α,β-unsaturated/α-hetero) is 1. The van der Waals surface area contributed by atoms with Gasteiger partial charge in [-0.1, -0.05) is 6.07 Å². The third-order valence-electron chi connectivity index (χ3n) is 2.86. The number of halogens is 3. The summed E-state index contributed by atoms with van der Waals surface area (Å²) < 4.78 is 47.2. The second-order valence-corrected chi connectivity index (χ2v) is 4.54. The zero-order valence-corrected chi connectivity index (χ0v) is 12.3. The van der Waals surface area contributed by atoms with Crippen molar-refractivity contribution in [2.24, 2.45) is 0 Å². The molecule has 0 aliphatic heterocycles. The Morgan fingerprint density at radius 2 is 1.77 bits per heavy atom. The Labute approximate surface area is 125 Å². The molecule has 0 heterocycles. The Balaban J connectivity index is 3.11. The van der Waals surface area contributed by atoms with Crippen molar-refractivity contribution in [3.8, 4) is 11.5 Å². The van der Waals surface area contributed by atoms with Crippen molar-refractivity contribution >= 4 is 11.7 Å². The predicted molar refractivity (Wildman–Crippen MR) is 71.8 cm³/mol. The van der Waals surface area contributed by atoms with Gasteiger partial charge in [0.2, 0.25) is 0 Å². The first-order valence-corrected chi connectivity index (χ1v) is 6.28. The zero-order chi connectivity index (χ0) is 16.9. The molecule has 0 fully saturated rings. The highest BCUT2D eigenvalue weighted by atomic mass is 19.4. The number of carbonyl (C=O) groups is 2. The van der Waals surface area contributed by atoms with Crippen LogP contribution in [0.4, 0.5) is 13.2 Å². The number of hydrogen-bond donors (Lipinski definition) is 1. The van der Waals surface area contributed by atoms with Crippen molar-refractivity contribution < 1.29 is 32.2 Å². The van der Waals surface area contributed by atoms with E-state index in [2.05, 4.69) is 0 Å². The van der Waals surface area contributed by atoms with Crippen LogP contribution in [-0.4, -0.2) is 32.1 Å². The van der Waals surface area contributed by atoms with Crippen LogP contribution < -0.4 is 14.8 Å². The minimum Gasteiger partial charge on any atom is -0.493 e. The maximum Gasteiger partial charge on any atom is 0.471 e. The number of ketones is 1. The molecule has 1 amide bonds. The lowest BCUT2D eigenvalue weighted by Crippen LogP contribution is -2.39. The van der Waals surface area contributed by atoms with Crippen LogP contribution in [0.25, 0.3) is 0 Å². The summed E-state index contributed by atoms with van der Waals surface area (Å²) in [5, 5.41) is 1.81. The Morgan fingerprint density at radius 1 is 1.18 bits per heavy atom. The molecule has 1 aromatic rings. The van der Waals surface area contributed by atoms with Crippen LogP contribution >= 0.6 is 0 Å². The smallest absolute Gasteiger partial charge is 0.471 e. The molecule has 1 atom stereocenters. The van der Waals surface area contributed by atoms with E-state index >= 15 is 0 Å². The fourth-order valence-corrected chi connectivity index (χ4v) is 1.85. The monoisotopic (exact) mass is 319 g/mol. The minimum absolute atomic E-state index is 0.267. The van der Waals surface area contributed by atoms with E-state index < -0.39 is 18.1 Å². The van der Waals surface area contributed by atoms with Gasteiger partial charge in [-0.15, -0.1) is 0 Å². The van der Waals surface area contributed by atoms with Gasteiger partial charge in [-0.05, 0) is 24.6 Å². The second kappa shape index (κ2) is 7.15. The van der Waals surface area contributed by atoms with E-state index in [1.807, 2.05) is 5.32 Å². The Morgan fingerprint density at radius 3 is 2.23 bits per heavy atom. The van der Waals surface area contributed by atoms with E-state index in [0.717, 1.165) is 0 Å². The maximum absolute atomic E-state index is 12.4. The molecule has 0 bridgehead atoms. The summed E-state index contributed by atoms with van der Waals surface area (Å²) in [6, 6.07) is 3.27. The van der Waals surface area contributed by atoms with E-state index in [4.69, 9.17) is 9.47 Å².